The van der Waals surface area contributed by atoms with Crippen LogP contribution in [0.1, 0.15) is 29.5 Å². The molecular weight excluding hydrogens is 228 g/mol. The Kier molecular flexibility index (Phi) is 3.81. The third kappa shape index (κ3) is 2.98. The minimum absolute atomic E-state index is 0.345. The Morgan fingerprint density at radius 2 is 2.17 bits per heavy atom. The van der Waals surface area contributed by atoms with E-state index in [0.29, 0.717) is 6.04 Å². The Bertz CT molecular complexity index is 495. The summed E-state index contributed by atoms with van der Waals surface area (Å²) in [6.07, 6.45) is 3.93. The summed E-state index contributed by atoms with van der Waals surface area (Å²) in [6, 6.07) is 0.345. The van der Waals surface area contributed by atoms with Crippen molar-refractivity contribution < 1.29 is 4.52 Å². The maximum atomic E-state index is 5.14. The van der Waals surface area contributed by atoms with Gasteiger partial charge in [0.05, 0.1) is 18.4 Å². The molecule has 0 amide bonds. The van der Waals surface area contributed by atoms with Crippen molar-refractivity contribution in [2.75, 3.05) is 0 Å². The number of nitrogens with one attached hydrogen (secondary N) is 1. The fraction of sp³-hybridized carbons (Fsp3) is 0.538. The van der Waals surface area contributed by atoms with Gasteiger partial charge in [0.1, 0.15) is 5.76 Å². The van der Waals surface area contributed by atoms with Crippen molar-refractivity contribution in [2.45, 2.75) is 46.8 Å². The van der Waals surface area contributed by atoms with E-state index in [4.69, 9.17) is 4.52 Å². The molecule has 2 rings (SSSR count). The first-order valence-corrected chi connectivity index (χ1v) is 6.20. The molecule has 2 aromatic heterocycles. The number of aryl methyl sites for hydroxylation is 3. The normalized spacial score (nSPS) is 12.9. The molecule has 0 aliphatic heterocycles. The van der Waals surface area contributed by atoms with E-state index in [1.807, 2.05) is 37.8 Å². The molecule has 18 heavy (non-hydrogen) atoms. The van der Waals surface area contributed by atoms with Crippen molar-refractivity contribution in [3.05, 3.63) is 35.0 Å². The quantitative estimate of drug-likeness (QED) is 0.879. The SMILES string of the molecule is Cc1cnn(CC(C)NCc2c(C)noc2C)c1. The Balaban J connectivity index is 1.87. The van der Waals surface area contributed by atoms with Crippen molar-refractivity contribution in [3.8, 4) is 0 Å². The summed E-state index contributed by atoms with van der Waals surface area (Å²) in [7, 11) is 0. The van der Waals surface area contributed by atoms with Gasteiger partial charge in [-0.3, -0.25) is 4.68 Å². The van der Waals surface area contributed by atoms with Gasteiger partial charge in [0.25, 0.3) is 0 Å². The lowest BCUT2D eigenvalue weighted by atomic mass is 10.2. The van der Waals surface area contributed by atoms with E-state index in [9.17, 15) is 0 Å². The maximum Gasteiger partial charge on any atom is 0.138 e. The first-order valence-electron chi connectivity index (χ1n) is 6.20. The number of aromatic nitrogens is 3. The lowest BCUT2D eigenvalue weighted by molar-refractivity contribution is 0.390. The van der Waals surface area contributed by atoms with Crippen molar-refractivity contribution in [1.82, 2.24) is 20.3 Å². The summed E-state index contributed by atoms with van der Waals surface area (Å²) < 4.78 is 7.10. The first-order chi connectivity index (χ1) is 8.56. The molecule has 0 fully saturated rings. The van der Waals surface area contributed by atoms with E-state index in [0.717, 1.165) is 30.1 Å². The maximum absolute atomic E-state index is 5.14. The Morgan fingerprint density at radius 3 is 2.72 bits per heavy atom. The van der Waals surface area contributed by atoms with Gasteiger partial charge >= 0.3 is 0 Å². The molecule has 5 nitrogen and oxygen atoms in total. The van der Waals surface area contributed by atoms with Gasteiger partial charge in [-0.2, -0.15) is 5.10 Å². The first kappa shape index (κ1) is 12.8. The van der Waals surface area contributed by atoms with E-state index < -0.39 is 0 Å². The van der Waals surface area contributed by atoms with Crippen LogP contribution in [0.25, 0.3) is 0 Å². The molecule has 0 aliphatic rings. The molecule has 98 valence electrons. The van der Waals surface area contributed by atoms with Gasteiger partial charge in [-0.1, -0.05) is 5.16 Å². The summed E-state index contributed by atoms with van der Waals surface area (Å²) in [6.45, 7) is 9.74. The van der Waals surface area contributed by atoms with Crippen LogP contribution in [-0.2, 0) is 13.1 Å². The highest BCUT2D eigenvalue weighted by Crippen LogP contribution is 2.11. The monoisotopic (exact) mass is 248 g/mol. The van der Waals surface area contributed by atoms with Gasteiger partial charge < -0.3 is 9.84 Å². The molecule has 0 aromatic carbocycles. The third-order valence-electron chi connectivity index (χ3n) is 3.03. The van der Waals surface area contributed by atoms with Crippen LogP contribution in [0.2, 0.25) is 0 Å². The smallest absolute Gasteiger partial charge is 0.138 e. The van der Waals surface area contributed by atoms with Crippen LogP contribution < -0.4 is 5.32 Å². The van der Waals surface area contributed by atoms with E-state index in [1.165, 1.54) is 5.56 Å². The van der Waals surface area contributed by atoms with Gasteiger partial charge in [-0.05, 0) is 33.3 Å². The van der Waals surface area contributed by atoms with Crippen LogP contribution in [0.4, 0.5) is 0 Å². The highest BCUT2D eigenvalue weighted by molar-refractivity contribution is 5.20. The number of nitrogens with zero attached hydrogens (tertiary/aromatic N) is 3. The summed E-state index contributed by atoms with van der Waals surface area (Å²) >= 11 is 0. The van der Waals surface area contributed by atoms with Crippen molar-refractivity contribution >= 4 is 0 Å². The second-order valence-electron chi connectivity index (χ2n) is 4.82. The zero-order valence-corrected chi connectivity index (χ0v) is 11.4. The van der Waals surface area contributed by atoms with E-state index in [2.05, 4.69) is 22.5 Å². The molecule has 1 N–H and O–H groups in total. The summed E-state index contributed by atoms with van der Waals surface area (Å²) in [5.41, 5.74) is 3.30. The molecule has 2 heterocycles. The molecule has 0 radical (unpaired) electrons. The average Bonchev–Trinajstić information content (AvgIpc) is 2.84. The fourth-order valence-electron chi connectivity index (χ4n) is 1.94. The Labute approximate surface area is 107 Å². The van der Waals surface area contributed by atoms with E-state index in [1.54, 1.807) is 0 Å². The van der Waals surface area contributed by atoms with Crippen LogP contribution in [0.3, 0.4) is 0 Å². The lowest BCUT2D eigenvalue weighted by Gasteiger charge is -2.13. The summed E-state index contributed by atoms with van der Waals surface area (Å²) in [5.74, 6) is 0.891. The van der Waals surface area contributed by atoms with Gasteiger partial charge in [0.15, 0.2) is 0 Å². The molecule has 1 atom stereocenters. The largest absolute Gasteiger partial charge is 0.361 e. The predicted molar refractivity (Wildman–Crippen MR) is 69.2 cm³/mol. The second-order valence-corrected chi connectivity index (χ2v) is 4.82. The highest BCUT2D eigenvalue weighted by atomic mass is 16.5. The highest BCUT2D eigenvalue weighted by Gasteiger charge is 2.10. The van der Waals surface area contributed by atoms with Gasteiger partial charge in [-0.25, -0.2) is 0 Å². The van der Waals surface area contributed by atoms with Crippen LogP contribution in [0, 0.1) is 20.8 Å². The second kappa shape index (κ2) is 5.35. The third-order valence-corrected chi connectivity index (χ3v) is 3.03. The van der Waals surface area contributed by atoms with Crippen molar-refractivity contribution in [2.24, 2.45) is 0 Å². The molecule has 2 aromatic rings. The minimum Gasteiger partial charge on any atom is -0.361 e. The molecule has 5 heteroatoms. The Morgan fingerprint density at radius 1 is 1.39 bits per heavy atom. The minimum atomic E-state index is 0.345. The standard InChI is InChI=1S/C13H20N4O/c1-9-5-15-17(7-9)8-10(2)14-6-13-11(3)16-18-12(13)4/h5,7,10,14H,6,8H2,1-4H3. The van der Waals surface area contributed by atoms with Gasteiger partial charge in [-0.15, -0.1) is 0 Å². The number of hydrogen-bond acceptors (Lipinski definition) is 4. The van der Waals surface area contributed by atoms with E-state index >= 15 is 0 Å². The molecule has 0 saturated heterocycles. The van der Waals surface area contributed by atoms with Crippen molar-refractivity contribution in [1.29, 1.82) is 0 Å². The number of hydrogen-bond donors (Lipinski definition) is 1. The molecular formula is C13H20N4O. The molecule has 0 bridgehead atoms. The van der Waals surface area contributed by atoms with Crippen LogP contribution in [0.15, 0.2) is 16.9 Å². The predicted octanol–water partition coefficient (Wildman–Crippen LogP) is 1.97. The van der Waals surface area contributed by atoms with Crippen molar-refractivity contribution in [3.63, 3.8) is 0 Å². The van der Waals surface area contributed by atoms with E-state index in [-0.39, 0.29) is 0 Å². The molecule has 0 spiro atoms. The summed E-state index contributed by atoms with van der Waals surface area (Å²) in [5, 5.41) is 11.7. The number of rotatable bonds is 5. The Hall–Kier alpha value is -1.62. The van der Waals surface area contributed by atoms with Crippen LogP contribution in [0.5, 0.6) is 0 Å². The van der Waals surface area contributed by atoms with Crippen LogP contribution >= 0.6 is 0 Å². The topological polar surface area (TPSA) is 55.9 Å². The van der Waals surface area contributed by atoms with Crippen LogP contribution in [-0.4, -0.2) is 21.0 Å². The zero-order chi connectivity index (χ0) is 13.1. The molecule has 1 unspecified atom stereocenters. The average molecular weight is 248 g/mol. The molecule has 0 aliphatic carbocycles. The lowest BCUT2D eigenvalue weighted by Crippen LogP contribution is -2.30. The van der Waals surface area contributed by atoms with Gasteiger partial charge in [0.2, 0.25) is 0 Å². The fourth-order valence-corrected chi connectivity index (χ4v) is 1.94. The molecule has 0 saturated carbocycles. The zero-order valence-electron chi connectivity index (χ0n) is 11.4. The summed E-state index contributed by atoms with van der Waals surface area (Å²) in [4.78, 5) is 0. The van der Waals surface area contributed by atoms with Gasteiger partial charge in [0, 0.05) is 24.3 Å².